The maximum absolute atomic E-state index is 10.8. The van der Waals surface area contributed by atoms with E-state index in [4.69, 9.17) is 27.9 Å². The van der Waals surface area contributed by atoms with Gasteiger partial charge in [-0.15, -0.1) is 11.3 Å². The Kier molecular flexibility index (Phi) is 5.92. The van der Waals surface area contributed by atoms with Gasteiger partial charge < -0.3 is 9.84 Å². The van der Waals surface area contributed by atoms with Gasteiger partial charge in [-0.2, -0.15) is 5.10 Å². The van der Waals surface area contributed by atoms with Gasteiger partial charge in [0, 0.05) is 20.5 Å². The van der Waals surface area contributed by atoms with E-state index in [1.54, 1.807) is 22.9 Å². The van der Waals surface area contributed by atoms with Gasteiger partial charge in [0.05, 0.1) is 6.04 Å². The Labute approximate surface area is 166 Å². The van der Waals surface area contributed by atoms with Crippen LogP contribution in [-0.2, 0) is 6.42 Å². The minimum Gasteiger partial charge on any atom is -0.439 e. The SMILES string of the molecule is CCc1c(C(O)c2cccs2)nn(C(C)C)c1Oc1cc(Cl)cc(Cl)c1. The van der Waals surface area contributed by atoms with E-state index in [1.165, 1.54) is 11.3 Å². The first-order valence-corrected chi connectivity index (χ1v) is 10.0. The standard InChI is InChI=1S/C19H20Cl2N2O2S/c1-4-15-17(18(24)16-6-5-7-26-16)22-23(11(2)3)19(15)25-14-9-12(20)8-13(21)10-14/h5-11,18,24H,4H2,1-3H3. The molecule has 3 rings (SSSR count). The van der Waals surface area contributed by atoms with Crippen LogP contribution in [-0.4, -0.2) is 14.9 Å². The van der Waals surface area contributed by atoms with E-state index in [2.05, 4.69) is 5.10 Å². The molecule has 1 atom stereocenters. The lowest BCUT2D eigenvalue weighted by Gasteiger charge is -2.13. The molecule has 3 aromatic rings. The molecule has 0 saturated carbocycles. The molecule has 0 fully saturated rings. The van der Waals surface area contributed by atoms with Crippen molar-refractivity contribution in [2.24, 2.45) is 0 Å². The van der Waals surface area contributed by atoms with Crippen molar-refractivity contribution in [2.75, 3.05) is 0 Å². The van der Waals surface area contributed by atoms with E-state index >= 15 is 0 Å². The zero-order valence-corrected chi connectivity index (χ0v) is 17.1. The first-order chi connectivity index (χ1) is 12.4. The predicted molar refractivity (Wildman–Crippen MR) is 107 cm³/mol. The van der Waals surface area contributed by atoms with Crippen LogP contribution in [0.2, 0.25) is 10.0 Å². The van der Waals surface area contributed by atoms with Crippen LogP contribution in [0, 0.1) is 0 Å². The number of aromatic nitrogens is 2. The lowest BCUT2D eigenvalue weighted by molar-refractivity contribution is 0.216. The summed E-state index contributed by atoms with van der Waals surface area (Å²) in [4.78, 5) is 0.852. The molecule has 4 nitrogen and oxygen atoms in total. The fourth-order valence-corrected chi connectivity index (χ4v) is 3.98. The van der Waals surface area contributed by atoms with Gasteiger partial charge in [0.25, 0.3) is 0 Å². The maximum Gasteiger partial charge on any atom is 0.221 e. The van der Waals surface area contributed by atoms with E-state index < -0.39 is 6.10 Å². The van der Waals surface area contributed by atoms with Crippen molar-refractivity contribution in [3.8, 4) is 11.6 Å². The van der Waals surface area contributed by atoms with E-state index in [-0.39, 0.29) is 6.04 Å². The summed E-state index contributed by atoms with van der Waals surface area (Å²) in [5.41, 5.74) is 1.49. The maximum atomic E-state index is 10.8. The van der Waals surface area contributed by atoms with Crippen LogP contribution in [0.25, 0.3) is 0 Å². The average molecular weight is 411 g/mol. The van der Waals surface area contributed by atoms with Crippen LogP contribution in [0.4, 0.5) is 0 Å². The number of hydrogen-bond donors (Lipinski definition) is 1. The van der Waals surface area contributed by atoms with Crippen LogP contribution < -0.4 is 4.74 Å². The Morgan fingerprint density at radius 2 is 1.92 bits per heavy atom. The van der Waals surface area contributed by atoms with Gasteiger partial charge in [-0.05, 0) is 49.9 Å². The molecule has 0 radical (unpaired) electrons. The molecule has 0 spiro atoms. The highest BCUT2D eigenvalue weighted by molar-refractivity contribution is 7.10. The molecule has 0 saturated heterocycles. The number of halogens is 2. The molecule has 1 aromatic carbocycles. The summed E-state index contributed by atoms with van der Waals surface area (Å²) in [6.07, 6.45) is -0.107. The van der Waals surface area contributed by atoms with E-state index in [0.717, 1.165) is 10.4 Å². The highest BCUT2D eigenvalue weighted by atomic mass is 35.5. The molecular formula is C19H20Cl2N2O2S. The Hall–Kier alpha value is -1.53. The largest absolute Gasteiger partial charge is 0.439 e. The van der Waals surface area contributed by atoms with Crippen molar-refractivity contribution >= 4 is 34.5 Å². The number of ether oxygens (including phenoxy) is 1. The topological polar surface area (TPSA) is 47.3 Å². The summed E-state index contributed by atoms with van der Waals surface area (Å²) in [5.74, 6) is 1.14. The molecule has 0 amide bonds. The molecule has 0 bridgehead atoms. The fourth-order valence-electron chi connectivity index (χ4n) is 2.76. The van der Waals surface area contributed by atoms with Crippen molar-refractivity contribution in [3.05, 3.63) is 61.9 Å². The van der Waals surface area contributed by atoms with E-state index in [1.807, 2.05) is 38.3 Å². The minimum absolute atomic E-state index is 0.0641. The second kappa shape index (κ2) is 8.01. The lowest BCUT2D eigenvalue weighted by Crippen LogP contribution is -2.06. The first kappa shape index (κ1) is 19.2. The Morgan fingerprint density at radius 1 is 1.23 bits per heavy atom. The number of rotatable bonds is 6. The normalized spacial score (nSPS) is 12.6. The fraction of sp³-hybridized carbons (Fsp3) is 0.316. The number of thiophene rings is 1. The Bertz CT molecular complexity index is 871. The lowest BCUT2D eigenvalue weighted by atomic mass is 10.1. The smallest absolute Gasteiger partial charge is 0.221 e. The third kappa shape index (κ3) is 3.91. The summed E-state index contributed by atoms with van der Waals surface area (Å²) in [5, 5.41) is 18.4. The Balaban J connectivity index is 2.08. The molecule has 2 aromatic heterocycles. The molecule has 7 heteroatoms. The van der Waals surface area contributed by atoms with E-state index in [0.29, 0.717) is 33.8 Å². The molecule has 2 heterocycles. The average Bonchev–Trinajstić information content (AvgIpc) is 3.21. The Morgan fingerprint density at radius 3 is 2.46 bits per heavy atom. The van der Waals surface area contributed by atoms with Gasteiger partial charge >= 0.3 is 0 Å². The van der Waals surface area contributed by atoms with E-state index in [9.17, 15) is 5.11 Å². The molecule has 138 valence electrons. The summed E-state index contributed by atoms with van der Waals surface area (Å²) in [6.45, 7) is 6.06. The van der Waals surface area contributed by atoms with Gasteiger partial charge in [0.15, 0.2) is 0 Å². The van der Waals surface area contributed by atoms with Crippen molar-refractivity contribution in [3.63, 3.8) is 0 Å². The number of aliphatic hydroxyl groups is 1. The number of hydrogen-bond acceptors (Lipinski definition) is 4. The monoisotopic (exact) mass is 410 g/mol. The van der Waals surface area contributed by atoms with Crippen molar-refractivity contribution in [1.82, 2.24) is 9.78 Å². The summed E-state index contributed by atoms with van der Waals surface area (Å²) in [6, 6.07) is 8.96. The molecule has 0 aliphatic carbocycles. The van der Waals surface area contributed by atoms with Crippen LogP contribution in [0.5, 0.6) is 11.6 Å². The minimum atomic E-state index is -0.782. The number of nitrogens with zero attached hydrogens (tertiary/aromatic N) is 2. The van der Waals surface area contributed by atoms with Gasteiger partial charge in [0.1, 0.15) is 17.5 Å². The molecule has 1 N–H and O–H groups in total. The second-order valence-corrected chi connectivity index (χ2v) is 8.04. The van der Waals surface area contributed by atoms with Crippen molar-refractivity contribution in [2.45, 2.75) is 39.3 Å². The summed E-state index contributed by atoms with van der Waals surface area (Å²) in [7, 11) is 0. The quantitative estimate of drug-likeness (QED) is 0.520. The third-order valence-corrected chi connectivity index (χ3v) is 5.32. The molecule has 0 aliphatic heterocycles. The van der Waals surface area contributed by atoms with Gasteiger partial charge in [-0.1, -0.05) is 36.2 Å². The highest BCUT2D eigenvalue weighted by Gasteiger charge is 2.26. The first-order valence-electron chi connectivity index (χ1n) is 8.37. The van der Waals surface area contributed by atoms with Crippen molar-refractivity contribution < 1.29 is 9.84 Å². The molecular weight excluding hydrogens is 391 g/mol. The predicted octanol–water partition coefficient (Wildman–Crippen LogP) is 6.27. The molecule has 26 heavy (non-hydrogen) atoms. The van der Waals surface area contributed by atoms with Crippen LogP contribution in [0.3, 0.4) is 0 Å². The zero-order chi connectivity index (χ0) is 18.8. The van der Waals surface area contributed by atoms with Gasteiger partial charge in [-0.3, -0.25) is 0 Å². The molecule has 1 unspecified atom stereocenters. The second-order valence-electron chi connectivity index (χ2n) is 6.19. The highest BCUT2D eigenvalue weighted by Crippen LogP contribution is 2.37. The van der Waals surface area contributed by atoms with Gasteiger partial charge in [0.2, 0.25) is 5.88 Å². The number of aliphatic hydroxyl groups excluding tert-OH is 1. The van der Waals surface area contributed by atoms with Crippen LogP contribution in [0.1, 0.15) is 49.1 Å². The third-order valence-electron chi connectivity index (χ3n) is 3.96. The summed E-state index contributed by atoms with van der Waals surface area (Å²) >= 11 is 13.7. The van der Waals surface area contributed by atoms with Gasteiger partial charge in [-0.25, -0.2) is 4.68 Å². The summed E-state index contributed by atoms with van der Waals surface area (Å²) < 4.78 is 7.92. The van der Waals surface area contributed by atoms with Crippen molar-refractivity contribution in [1.29, 1.82) is 0 Å². The zero-order valence-electron chi connectivity index (χ0n) is 14.7. The molecule has 0 aliphatic rings. The van der Waals surface area contributed by atoms with Crippen LogP contribution in [0.15, 0.2) is 35.7 Å². The number of benzene rings is 1. The van der Waals surface area contributed by atoms with Crippen LogP contribution >= 0.6 is 34.5 Å².